The van der Waals surface area contributed by atoms with Gasteiger partial charge in [0, 0.05) is 42.9 Å². The number of aromatic nitrogens is 2. The fraction of sp³-hybridized carbons (Fsp3) is 0.233. The van der Waals surface area contributed by atoms with Crippen LogP contribution in [0, 0.1) is 0 Å². The van der Waals surface area contributed by atoms with Crippen molar-refractivity contribution in [3.8, 4) is 28.5 Å². The number of para-hydroxylation sites is 2. The second-order valence-electron chi connectivity index (χ2n) is 9.16. The van der Waals surface area contributed by atoms with E-state index in [9.17, 15) is 4.79 Å². The maximum atomic E-state index is 13.8. The van der Waals surface area contributed by atoms with Gasteiger partial charge in [0.2, 0.25) is 5.91 Å². The van der Waals surface area contributed by atoms with E-state index in [0.29, 0.717) is 32.8 Å². The van der Waals surface area contributed by atoms with Gasteiger partial charge in [-0.25, -0.2) is 0 Å². The van der Waals surface area contributed by atoms with Crippen LogP contribution in [0.3, 0.4) is 0 Å². The van der Waals surface area contributed by atoms with Gasteiger partial charge in [-0.2, -0.15) is 0 Å². The summed E-state index contributed by atoms with van der Waals surface area (Å²) in [6, 6.07) is 27.5. The van der Waals surface area contributed by atoms with E-state index < -0.39 is 0 Å². The largest absolute Gasteiger partial charge is 0.494 e. The number of rotatable bonds is 5. The molecule has 0 aliphatic carbocycles. The topological polar surface area (TPSA) is 67.8 Å². The van der Waals surface area contributed by atoms with E-state index in [1.807, 2.05) is 96.8 Å². The highest BCUT2D eigenvalue weighted by Gasteiger charge is 2.36. The zero-order valence-corrected chi connectivity index (χ0v) is 20.7. The number of carbonyl (C=O) groups is 1. The minimum Gasteiger partial charge on any atom is -0.494 e. The first-order chi connectivity index (χ1) is 18.2. The van der Waals surface area contributed by atoms with Gasteiger partial charge in [0.1, 0.15) is 17.2 Å². The van der Waals surface area contributed by atoms with Crippen molar-refractivity contribution in [3.05, 3.63) is 96.1 Å². The Hall–Kier alpha value is -4.39. The number of fused-ring (bicyclic) bond motifs is 2. The van der Waals surface area contributed by atoms with Crippen molar-refractivity contribution in [2.24, 2.45) is 0 Å². The molecular formula is C30H28N4O3. The lowest BCUT2D eigenvalue weighted by atomic mass is 9.86. The molecule has 0 unspecified atom stereocenters. The summed E-state index contributed by atoms with van der Waals surface area (Å²) in [7, 11) is 0. The molecule has 0 atom stereocenters. The van der Waals surface area contributed by atoms with Crippen LogP contribution in [0.25, 0.3) is 11.3 Å². The van der Waals surface area contributed by atoms with Crippen molar-refractivity contribution < 1.29 is 14.3 Å². The fourth-order valence-electron chi connectivity index (χ4n) is 5.05. The summed E-state index contributed by atoms with van der Waals surface area (Å²) in [5.74, 6) is 2.92. The summed E-state index contributed by atoms with van der Waals surface area (Å²) in [6.45, 7) is 5.27. The average molecular weight is 493 g/mol. The zero-order chi connectivity index (χ0) is 25.2. The van der Waals surface area contributed by atoms with E-state index in [-0.39, 0.29) is 11.8 Å². The highest BCUT2D eigenvalue weighted by Crippen LogP contribution is 2.44. The summed E-state index contributed by atoms with van der Waals surface area (Å²) in [5.41, 5.74) is 3.65. The molecule has 1 aromatic heterocycles. The maximum Gasteiger partial charge on any atom is 0.234 e. The maximum absolute atomic E-state index is 13.8. The minimum absolute atomic E-state index is 0.111. The predicted octanol–water partition coefficient (Wildman–Crippen LogP) is 5.13. The van der Waals surface area contributed by atoms with Gasteiger partial charge in [0.05, 0.1) is 18.2 Å². The lowest BCUT2D eigenvalue weighted by Crippen LogP contribution is -2.50. The van der Waals surface area contributed by atoms with Crippen LogP contribution in [0.15, 0.2) is 84.9 Å². The standard InChI is InChI=1S/C30H28N4O3/c1-2-36-22-13-11-21(12-14-22)25-15-16-28(32-31-25)33-17-19-34(20-18-33)30(35)29-23-7-3-5-9-26(23)37-27-10-6-4-8-24(27)29/h3-16,29H,2,17-20H2,1H3. The predicted molar refractivity (Wildman–Crippen MR) is 142 cm³/mol. The van der Waals surface area contributed by atoms with Gasteiger partial charge in [-0.05, 0) is 55.5 Å². The van der Waals surface area contributed by atoms with E-state index in [4.69, 9.17) is 9.47 Å². The second kappa shape index (κ2) is 9.93. The third kappa shape index (κ3) is 4.48. The molecule has 0 spiro atoms. The van der Waals surface area contributed by atoms with Crippen molar-refractivity contribution in [2.45, 2.75) is 12.8 Å². The Balaban J connectivity index is 1.14. The first-order valence-corrected chi connectivity index (χ1v) is 12.7. The Morgan fingerprint density at radius 3 is 2.08 bits per heavy atom. The van der Waals surface area contributed by atoms with Crippen LogP contribution in [0.2, 0.25) is 0 Å². The quantitative estimate of drug-likeness (QED) is 0.385. The molecule has 1 fully saturated rings. The third-order valence-corrected chi connectivity index (χ3v) is 6.95. The van der Waals surface area contributed by atoms with Crippen LogP contribution in [-0.2, 0) is 4.79 Å². The van der Waals surface area contributed by atoms with Gasteiger partial charge in [-0.3, -0.25) is 4.79 Å². The van der Waals surface area contributed by atoms with Crippen LogP contribution in [0.5, 0.6) is 17.2 Å². The van der Waals surface area contributed by atoms with Crippen molar-refractivity contribution in [2.75, 3.05) is 37.7 Å². The molecule has 186 valence electrons. The summed E-state index contributed by atoms with van der Waals surface area (Å²) < 4.78 is 11.6. The van der Waals surface area contributed by atoms with Crippen molar-refractivity contribution in [1.29, 1.82) is 0 Å². The molecule has 2 aliphatic rings. The molecule has 7 heteroatoms. The molecule has 3 aromatic carbocycles. The Bertz CT molecular complexity index is 1350. The number of hydrogen-bond donors (Lipinski definition) is 0. The molecule has 7 nitrogen and oxygen atoms in total. The summed E-state index contributed by atoms with van der Waals surface area (Å²) in [6.07, 6.45) is 0. The molecule has 3 heterocycles. The number of benzene rings is 3. The van der Waals surface area contributed by atoms with Crippen LogP contribution < -0.4 is 14.4 Å². The molecule has 37 heavy (non-hydrogen) atoms. The lowest BCUT2D eigenvalue weighted by molar-refractivity contribution is -0.132. The van der Waals surface area contributed by atoms with E-state index in [1.54, 1.807) is 0 Å². The monoisotopic (exact) mass is 492 g/mol. The summed E-state index contributed by atoms with van der Waals surface area (Å²) in [5, 5.41) is 8.93. The highest BCUT2D eigenvalue weighted by molar-refractivity contribution is 5.90. The minimum atomic E-state index is -0.360. The molecule has 6 rings (SSSR count). The number of piperazine rings is 1. The van der Waals surface area contributed by atoms with Crippen LogP contribution >= 0.6 is 0 Å². The summed E-state index contributed by atoms with van der Waals surface area (Å²) >= 11 is 0. The smallest absolute Gasteiger partial charge is 0.234 e. The molecule has 0 saturated carbocycles. The van der Waals surface area contributed by atoms with Gasteiger partial charge in [-0.15, -0.1) is 10.2 Å². The van der Waals surface area contributed by atoms with Crippen LogP contribution in [0.1, 0.15) is 24.0 Å². The molecule has 4 aromatic rings. The number of carbonyl (C=O) groups excluding carboxylic acids is 1. The van der Waals surface area contributed by atoms with E-state index in [1.165, 1.54) is 0 Å². The number of hydrogen-bond acceptors (Lipinski definition) is 6. The molecular weight excluding hydrogens is 464 g/mol. The van der Waals surface area contributed by atoms with Gasteiger partial charge in [0.15, 0.2) is 5.82 Å². The fourth-order valence-corrected chi connectivity index (χ4v) is 5.05. The number of amides is 1. The molecule has 1 amide bonds. The first kappa shape index (κ1) is 23.0. The van der Waals surface area contributed by atoms with Crippen molar-refractivity contribution in [1.82, 2.24) is 15.1 Å². The molecule has 0 N–H and O–H groups in total. The van der Waals surface area contributed by atoms with Crippen molar-refractivity contribution in [3.63, 3.8) is 0 Å². The van der Waals surface area contributed by atoms with Gasteiger partial charge >= 0.3 is 0 Å². The third-order valence-electron chi connectivity index (χ3n) is 6.95. The molecule has 0 bridgehead atoms. The number of nitrogens with zero attached hydrogens (tertiary/aromatic N) is 4. The Morgan fingerprint density at radius 1 is 0.838 bits per heavy atom. The van der Waals surface area contributed by atoms with Crippen LogP contribution in [-0.4, -0.2) is 53.8 Å². The van der Waals surface area contributed by atoms with Crippen LogP contribution in [0.4, 0.5) is 5.82 Å². The molecule has 0 radical (unpaired) electrons. The first-order valence-electron chi connectivity index (χ1n) is 12.7. The Labute approximate surface area is 216 Å². The van der Waals surface area contributed by atoms with Crippen molar-refractivity contribution >= 4 is 11.7 Å². The molecule has 1 saturated heterocycles. The van der Waals surface area contributed by atoms with E-state index in [0.717, 1.165) is 45.5 Å². The zero-order valence-electron chi connectivity index (χ0n) is 20.7. The summed E-state index contributed by atoms with van der Waals surface area (Å²) in [4.78, 5) is 17.9. The number of anilines is 1. The van der Waals surface area contributed by atoms with Gasteiger partial charge < -0.3 is 19.3 Å². The van der Waals surface area contributed by atoms with Gasteiger partial charge in [-0.1, -0.05) is 36.4 Å². The number of ether oxygens (including phenoxy) is 2. The van der Waals surface area contributed by atoms with E-state index in [2.05, 4.69) is 15.1 Å². The Kier molecular flexibility index (Phi) is 6.18. The lowest BCUT2D eigenvalue weighted by Gasteiger charge is -2.38. The highest BCUT2D eigenvalue weighted by atomic mass is 16.5. The normalized spacial score (nSPS) is 14.9. The second-order valence-corrected chi connectivity index (χ2v) is 9.16. The van der Waals surface area contributed by atoms with E-state index >= 15 is 0 Å². The molecule has 2 aliphatic heterocycles. The average Bonchev–Trinajstić information content (AvgIpc) is 2.96. The SMILES string of the molecule is CCOc1ccc(-c2ccc(N3CCN(C(=O)C4c5ccccc5Oc5ccccc54)CC3)nn2)cc1. The Morgan fingerprint density at radius 2 is 1.49 bits per heavy atom. The van der Waals surface area contributed by atoms with Gasteiger partial charge in [0.25, 0.3) is 0 Å².